The lowest BCUT2D eigenvalue weighted by molar-refractivity contribution is -0.144. The number of benzene rings is 2. The number of hydrogen-bond donors (Lipinski definition) is 15. The second-order valence-corrected chi connectivity index (χ2v) is 24.9. The SMILES string of the molecule is CC[C@H](C)[C@@H]1NC(=O)CNC(=O)C2Cc3c([nH]c4cc(OCc5ccc(NC(=O)[C@@H](C)NC(=O)[C@@H](NC(=O)CCN6C(=O)C=CC6=O)C(C)C)cc5)ccc34)SCC(NC(=O)CNC1=O)C(=O)N[C@@H](CC(N)=O)C(=O)N1CC(O)C[C@H]1C(=O)N[C@@H]([C@@H](C)[C@@H](O)CO)C(=O)N2. The molecule has 7 rings (SSSR count). The maximum atomic E-state index is 14.8. The molecule has 5 heterocycles. The van der Waals surface area contributed by atoms with Gasteiger partial charge in [0.25, 0.3) is 11.8 Å². The lowest BCUT2D eigenvalue weighted by Gasteiger charge is -2.32. The molecule has 0 spiro atoms. The summed E-state index contributed by atoms with van der Waals surface area (Å²) >= 11 is 0.934. The number of primary amides is 1. The zero-order valence-electron chi connectivity index (χ0n) is 52.5. The Hall–Kier alpha value is -9.47. The van der Waals surface area contributed by atoms with Crippen LogP contribution in [0, 0.1) is 17.8 Å². The lowest BCUT2D eigenvalue weighted by atomic mass is 9.93. The van der Waals surface area contributed by atoms with Crippen LogP contribution in [0.25, 0.3) is 10.9 Å². The van der Waals surface area contributed by atoms with Gasteiger partial charge in [0.1, 0.15) is 60.7 Å². The number of nitrogens with zero attached hydrogens (tertiary/aromatic N) is 2. The summed E-state index contributed by atoms with van der Waals surface area (Å²) in [5.41, 5.74) is 7.27. The molecule has 2 bridgehead atoms. The van der Waals surface area contributed by atoms with Crippen molar-refractivity contribution in [1.29, 1.82) is 0 Å². The van der Waals surface area contributed by atoms with Crippen molar-refractivity contribution in [3.8, 4) is 5.75 Å². The molecule has 3 unspecified atom stereocenters. The Balaban J connectivity index is 1.18. The van der Waals surface area contributed by atoms with Gasteiger partial charge in [0.2, 0.25) is 70.9 Å². The smallest absolute Gasteiger partial charge is 0.253 e. The zero-order valence-corrected chi connectivity index (χ0v) is 53.3. The van der Waals surface area contributed by atoms with Crippen LogP contribution in [-0.4, -0.2) is 212 Å². The van der Waals surface area contributed by atoms with Crippen LogP contribution < -0.4 is 63.6 Å². The summed E-state index contributed by atoms with van der Waals surface area (Å²) in [7, 11) is 0. The van der Waals surface area contributed by atoms with Crippen molar-refractivity contribution in [1.82, 2.24) is 62.6 Å². The zero-order chi connectivity index (χ0) is 68.8. The van der Waals surface area contributed by atoms with E-state index in [1.807, 2.05) is 0 Å². The van der Waals surface area contributed by atoms with Crippen molar-refractivity contribution in [3.05, 3.63) is 65.7 Å². The third-order valence-corrected chi connectivity index (χ3v) is 17.6. The lowest BCUT2D eigenvalue weighted by Crippen LogP contribution is -2.62. The molecule has 4 aliphatic rings. The number of aliphatic hydroxyl groups is 3. The molecule has 32 nitrogen and oxygen atoms in total. The fourth-order valence-electron chi connectivity index (χ4n) is 10.8. The Morgan fingerprint density at radius 1 is 0.766 bits per heavy atom. The van der Waals surface area contributed by atoms with Crippen molar-refractivity contribution in [2.75, 3.05) is 43.9 Å². The van der Waals surface area contributed by atoms with E-state index in [4.69, 9.17) is 10.5 Å². The van der Waals surface area contributed by atoms with E-state index < -0.39 is 207 Å². The van der Waals surface area contributed by atoms with Crippen LogP contribution >= 0.6 is 11.8 Å². The largest absolute Gasteiger partial charge is 0.489 e. The highest BCUT2D eigenvalue weighted by molar-refractivity contribution is 7.99. The van der Waals surface area contributed by atoms with Crippen LogP contribution in [0.4, 0.5) is 5.69 Å². The maximum absolute atomic E-state index is 14.8. The van der Waals surface area contributed by atoms with Gasteiger partial charge in [-0.1, -0.05) is 53.2 Å². The molecule has 4 aliphatic heterocycles. The molecule has 1 aromatic heterocycles. The van der Waals surface area contributed by atoms with E-state index in [-0.39, 0.29) is 30.4 Å². The number of thioether (sulfide) groups is 1. The van der Waals surface area contributed by atoms with Crippen molar-refractivity contribution in [2.24, 2.45) is 23.5 Å². The van der Waals surface area contributed by atoms with Crippen LogP contribution in [-0.2, 0) is 80.2 Å². The van der Waals surface area contributed by atoms with Gasteiger partial charge in [-0.05, 0) is 54.2 Å². The number of hydrogen-bond acceptors (Lipinski definition) is 19. The molecule has 12 atom stereocenters. The van der Waals surface area contributed by atoms with Crippen LogP contribution in [0.3, 0.4) is 0 Å². The quantitative estimate of drug-likeness (QED) is 0.0507. The van der Waals surface area contributed by atoms with E-state index in [0.717, 1.165) is 33.7 Å². The highest BCUT2D eigenvalue weighted by Gasteiger charge is 2.45. The minimum atomic E-state index is -1.81. The van der Waals surface area contributed by atoms with Gasteiger partial charge >= 0.3 is 0 Å². The molecule has 3 aromatic rings. The molecule has 33 heteroatoms. The van der Waals surface area contributed by atoms with E-state index in [1.165, 1.54) is 13.8 Å². The maximum Gasteiger partial charge on any atom is 0.253 e. The first-order chi connectivity index (χ1) is 44.5. The van der Waals surface area contributed by atoms with Crippen LogP contribution in [0.2, 0.25) is 0 Å². The second kappa shape index (κ2) is 32.4. The van der Waals surface area contributed by atoms with E-state index in [0.29, 0.717) is 39.9 Å². The summed E-state index contributed by atoms with van der Waals surface area (Å²) in [5, 5.41) is 58.3. The molecular formula is C61H80N14O18S. The second-order valence-electron chi connectivity index (χ2n) is 23.8. The topological polar surface area (TPSA) is 477 Å². The van der Waals surface area contributed by atoms with Gasteiger partial charge in [0.05, 0.1) is 48.9 Å². The standard InChI is InChI=1S/C61H80N14O18S/c1-7-29(4)51-57(89)64-22-46(81)67-41-27-94-60-37(20-39(54(86)63-23-47(82)72-51)68-59(91)52(30(5)43(78)25-76)73-56(88)42-18-34(77)24-75(42)61(92)40(21-44(62)79)69-55(41)87)36-13-12-35(19-38(36)70-60)93-26-32-8-10-33(11-9-32)66-53(85)31(6)65-58(90)50(28(2)3)71-45(80)16-17-74-48(83)14-15-49(74)84/h8-15,19,28-31,34,39-43,50-52,70,76-78H,7,16-18,20-27H2,1-6H3,(H2,62,79)(H,63,86)(H,64,89)(H,65,90)(H,66,85)(H,67,81)(H,68,91)(H,69,87)(H,71,80)(H,72,82)(H,73,88)/t29-,30-,31+,34?,39?,40-,41?,42-,43-,50-,51-,52-/m0/s1. The first-order valence-electron chi connectivity index (χ1n) is 30.6. The molecule has 0 aliphatic carbocycles. The summed E-state index contributed by atoms with van der Waals surface area (Å²) < 4.78 is 6.21. The number of imide groups is 1. The number of H-pyrrole nitrogens is 1. The Bertz CT molecular complexity index is 3430. The Morgan fingerprint density at radius 3 is 2.09 bits per heavy atom. The molecule has 1 saturated heterocycles. The third kappa shape index (κ3) is 18.6. The monoisotopic (exact) mass is 1330 g/mol. The number of anilines is 1. The number of rotatable bonds is 19. The number of aromatic nitrogens is 1. The Kier molecular flexibility index (Phi) is 24.8. The molecule has 16 N–H and O–H groups in total. The predicted molar refractivity (Wildman–Crippen MR) is 334 cm³/mol. The van der Waals surface area contributed by atoms with Crippen LogP contribution in [0.1, 0.15) is 78.4 Å². The summed E-state index contributed by atoms with van der Waals surface area (Å²) in [6, 6.07) is -0.395. The number of amides is 14. The molecule has 0 radical (unpaired) electrons. The highest BCUT2D eigenvalue weighted by atomic mass is 32.2. The molecule has 2 aromatic carbocycles. The number of ether oxygens (including phenoxy) is 1. The van der Waals surface area contributed by atoms with E-state index >= 15 is 0 Å². The summed E-state index contributed by atoms with van der Waals surface area (Å²) in [6.45, 7) is 6.49. The molecule has 94 heavy (non-hydrogen) atoms. The number of aliphatic hydroxyl groups excluding tert-OH is 3. The van der Waals surface area contributed by atoms with Gasteiger partial charge < -0.3 is 88.8 Å². The Morgan fingerprint density at radius 2 is 1.44 bits per heavy atom. The van der Waals surface area contributed by atoms with E-state index in [2.05, 4.69) is 58.2 Å². The normalized spacial score (nSPS) is 23.6. The average molecular weight is 1330 g/mol. The van der Waals surface area contributed by atoms with Gasteiger partial charge in [-0.15, -0.1) is 11.8 Å². The van der Waals surface area contributed by atoms with E-state index in [9.17, 15) is 82.4 Å². The third-order valence-electron chi connectivity index (χ3n) is 16.5. The van der Waals surface area contributed by atoms with Gasteiger partial charge in [-0.25, -0.2) is 0 Å². The summed E-state index contributed by atoms with van der Waals surface area (Å²) in [5.74, 6) is -14.1. The van der Waals surface area contributed by atoms with Crippen molar-refractivity contribution in [3.63, 3.8) is 0 Å². The molecular weight excluding hydrogens is 1250 g/mol. The predicted octanol–water partition coefficient (Wildman–Crippen LogP) is -4.16. The minimum absolute atomic E-state index is 0.0262. The van der Waals surface area contributed by atoms with Gasteiger partial charge in [0, 0.05) is 73.3 Å². The fraction of sp³-hybridized carbons (Fsp3) is 0.508. The Labute approximate surface area is 543 Å². The van der Waals surface area contributed by atoms with Crippen LogP contribution in [0.5, 0.6) is 5.75 Å². The minimum Gasteiger partial charge on any atom is -0.489 e. The van der Waals surface area contributed by atoms with Gasteiger partial charge in [-0.3, -0.25) is 72.0 Å². The number of nitrogens with two attached hydrogens (primary N) is 1. The van der Waals surface area contributed by atoms with Crippen molar-refractivity contribution in [2.45, 2.75) is 146 Å². The first-order valence-corrected chi connectivity index (χ1v) is 31.6. The molecule has 508 valence electrons. The van der Waals surface area contributed by atoms with Crippen LogP contribution in [0.15, 0.2) is 59.6 Å². The van der Waals surface area contributed by atoms with Gasteiger partial charge in [-0.2, -0.15) is 0 Å². The van der Waals surface area contributed by atoms with Gasteiger partial charge in [0.15, 0.2) is 0 Å². The highest BCUT2D eigenvalue weighted by Crippen LogP contribution is 2.34. The van der Waals surface area contributed by atoms with E-state index in [1.54, 1.807) is 70.2 Å². The summed E-state index contributed by atoms with van der Waals surface area (Å²) in [6.07, 6.45) is -2.35. The van der Waals surface area contributed by atoms with Crippen molar-refractivity contribution < 1.29 is 87.2 Å². The average Bonchev–Trinajstić information content (AvgIpc) is 1.63. The molecule has 14 amide bonds. The number of nitrogens with one attached hydrogen (secondary N) is 11. The van der Waals surface area contributed by atoms with Crippen molar-refractivity contribution >= 4 is 111 Å². The fourth-order valence-corrected chi connectivity index (χ4v) is 11.9. The number of aromatic amines is 1. The number of carbonyl (C=O) groups is 14. The first kappa shape index (κ1) is 72.0. The number of carbonyl (C=O) groups excluding carboxylic acids is 14. The summed E-state index contributed by atoms with van der Waals surface area (Å²) in [4.78, 5) is 195. The number of fused-ring (bicyclic) bond motifs is 5. The molecule has 1 fully saturated rings. The molecule has 0 saturated carbocycles.